The number of carbonyl (C=O) groups is 1. The number of rotatable bonds is 2. The Balaban J connectivity index is 2.30. The molecule has 0 saturated carbocycles. The van der Waals surface area contributed by atoms with Crippen LogP contribution in [-0.4, -0.2) is 28.8 Å². The molecule has 1 aliphatic heterocycles. The van der Waals surface area contributed by atoms with Crippen LogP contribution in [0.1, 0.15) is 23.2 Å². The topological polar surface area (TPSA) is 87.2 Å². The van der Waals surface area contributed by atoms with Gasteiger partial charge in [-0.05, 0) is 18.9 Å². The molecule has 6 nitrogen and oxygen atoms in total. The average Bonchev–Trinajstić information content (AvgIpc) is 2.46. The number of halogens is 2. The largest absolute Gasteiger partial charge is 0.338 e. The molecule has 8 heteroatoms. The predicted molar refractivity (Wildman–Crippen MR) is 67.3 cm³/mol. The van der Waals surface area contributed by atoms with Gasteiger partial charge < -0.3 is 4.90 Å². The second-order valence-corrected chi connectivity index (χ2v) is 4.71. The minimum atomic E-state index is -1.47. The van der Waals surface area contributed by atoms with Gasteiger partial charge in [-0.15, -0.1) is 0 Å². The van der Waals surface area contributed by atoms with Gasteiger partial charge in [0.05, 0.1) is 11.0 Å². The summed E-state index contributed by atoms with van der Waals surface area (Å²) < 4.78 is 27.6. The minimum absolute atomic E-state index is 0.186. The van der Waals surface area contributed by atoms with Crippen molar-refractivity contribution in [1.82, 2.24) is 4.90 Å². The third kappa shape index (κ3) is 2.81. The van der Waals surface area contributed by atoms with Gasteiger partial charge in [0.1, 0.15) is 11.4 Å². The molecule has 110 valence electrons. The quantitative estimate of drug-likeness (QED) is 0.618. The van der Waals surface area contributed by atoms with Crippen molar-refractivity contribution in [2.45, 2.75) is 12.8 Å². The third-order valence-corrected chi connectivity index (χ3v) is 3.45. The maximum atomic E-state index is 14.0. The van der Waals surface area contributed by atoms with E-state index in [-0.39, 0.29) is 19.0 Å². The van der Waals surface area contributed by atoms with Crippen molar-refractivity contribution in [1.29, 1.82) is 5.26 Å². The van der Waals surface area contributed by atoms with E-state index in [1.165, 1.54) is 4.90 Å². The number of nitro groups is 1. The van der Waals surface area contributed by atoms with E-state index < -0.39 is 33.7 Å². The van der Waals surface area contributed by atoms with Gasteiger partial charge in [0.25, 0.3) is 5.91 Å². The molecule has 1 saturated heterocycles. The molecule has 0 N–H and O–H groups in total. The van der Waals surface area contributed by atoms with E-state index in [1.54, 1.807) is 0 Å². The SMILES string of the molecule is N#CC1CCN(C(=O)c2c(F)ccc([N+](=O)[O-])c2F)CC1. The number of nitriles is 1. The highest BCUT2D eigenvalue weighted by molar-refractivity contribution is 5.95. The molecular weight excluding hydrogens is 284 g/mol. The van der Waals surface area contributed by atoms with Gasteiger partial charge in [-0.25, -0.2) is 4.39 Å². The lowest BCUT2D eigenvalue weighted by Gasteiger charge is -2.29. The zero-order chi connectivity index (χ0) is 15.6. The highest BCUT2D eigenvalue weighted by Crippen LogP contribution is 2.26. The Kier molecular flexibility index (Phi) is 4.12. The number of carbonyl (C=O) groups excluding carboxylic acids is 1. The van der Waals surface area contributed by atoms with Crippen LogP contribution >= 0.6 is 0 Å². The Bertz CT molecular complexity index is 634. The average molecular weight is 295 g/mol. The second-order valence-electron chi connectivity index (χ2n) is 4.71. The zero-order valence-electron chi connectivity index (χ0n) is 10.9. The summed E-state index contributed by atoms with van der Waals surface area (Å²) in [6.45, 7) is 0.386. The number of amides is 1. The molecule has 21 heavy (non-hydrogen) atoms. The Morgan fingerprint density at radius 2 is 2.00 bits per heavy atom. The first-order chi connectivity index (χ1) is 9.95. The first kappa shape index (κ1) is 14.8. The normalized spacial score (nSPS) is 15.6. The molecule has 0 spiro atoms. The molecule has 1 aromatic carbocycles. The fourth-order valence-corrected chi connectivity index (χ4v) is 2.25. The number of likely N-dealkylation sites (tertiary alicyclic amines) is 1. The van der Waals surface area contributed by atoms with Crippen LogP contribution in [0, 0.1) is 39.0 Å². The lowest BCUT2D eigenvalue weighted by atomic mass is 9.98. The summed E-state index contributed by atoms with van der Waals surface area (Å²) >= 11 is 0. The molecular formula is C13H11F2N3O3. The van der Waals surface area contributed by atoms with E-state index >= 15 is 0 Å². The Morgan fingerprint density at radius 1 is 1.38 bits per heavy atom. The van der Waals surface area contributed by atoms with Gasteiger partial charge in [-0.1, -0.05) is 0 Å². The summed E-state index contributed by atoms with van der Waals surface area (Å²) in [6, 6.07) is 3.46. The maximum Gasteiger partial charge on any atom is 0.305 e. The van der Waals surface area contributed by atoms with Gasteiger partial charge in [-0.2, -0.15) is 9.65 Å². The fourth-order valence-electron chi connectivity index (χ4n) is 2.25. The molecule has 0 radical (unpaired) electrons. The van der Waals surface area contributed by atoms with Crippen molar-refractivity contribution >= 4 is 11.6 Å². The summed E-state index contributed by atoms with van der Waals surface area (Å²) in [6.07, 6.45) is 0.834. The molecule has 0 unspecified atom stereocenters. The highest BCUT2D eigenvalue weighted by atomic mass is 19.1. The Labute approximate surface area is 118 Å². The van der Waals surface area contributed by atoms with Gasteiger partial charge in [0.2, 0.25) is 5.82 Å². The van der Waals surface area contributed by atoms with Crippen LogP contribution in [0.3, 0.4) is 0 Å². The van der Waals surface area contributed by atoms with Gasteiger partial charge >= 0.3 is 5.69 Å². The van der Waals surface area contributed by atoms with Crippen molar-refractivity contribution in [2.75, 3.05) is 13.1 Å². The molecule has 0 aliphatic carbocycles. The predicted octanol–water partition coefficient (Wildman–Crippen LogP) is 2.25. The van der Waals surface area contributed by atoms with Gasteiger partial charge in [0.15, 0.2) is 0 Å². The summed E-state index contributed by atoms with van der Waals surface area (Å²) in [7, 11) is 0. The highest BCUT2D eigenvalue weighted by Gasteiger charge is 2.31. The summed E-state index contributed by atoms with van der Waals surface area (Å²) in [5, 5.41) is 19.4. The van der Waals surface area contributed by atoms with E-state index in [4.69, 9.17) is 5.26 Å². The van der Waals surface area contributed by atoms with Crippen molar-refractivity contribution in [3.8, 4) is 6.07 Å². The second kappa shape index (κ2) is 5.83. The monoisotopic (exact) mass is 295 g/mol. The van der Waals surface area contributed by atoms with Gasteiger partial charge in [-0.3, -0.25) is 14.9 Å². The zero-order valence-corrected chi connectivity index (χ0v) is 10.9. The molecule has 1 amide bonds. The Morgan fingerprint density at radius 3 is 2.52 bits per heavy atom. The number of piperidine rings is 1. The molecule has 1 fully saturated rings. The van der Waals surface area contributed by atoms with Crippen LogP contribution in [0.5, 0.6) is 0 Å². The van der Waals surface area contributed by atoms with Crippen molar-refractivity contribution < 1.29 is 18.5 Å². The van der Waals surface area contributed by atoms with E-state index in [2.05, 4.69) is 6.07 Å². The first-order valence-corrected chi connectivity index (χ1v) is 6.27. The van der Waals surface area contributed by atoms with Crippen LogP contribution in [0.4, 0.5) is 14.5 Å². The lowest BCUT2D eigenvalue weighted by molar-refractivity contribution is -0.387. The van der Waals surface area contributed by atoms with E-state index in [0.29, 0.717) is 25.0 Å². The van der Waals surface area contributed by atoms with E-state index in [0.717, 1.165) is 0 Å². The fraction of sp³-hybridized carbons (Fsp3) is 0.385. The number of benzene rings is 1. The number of hydrogen-bond acceptors (Lipinski definition) is 4. The van der Waals surface area contributed by atoms with Crippen LogP contribution < -0.4 is 0 Å². The van der Waals surface area contributed by atoms with Crippen LogP contribution in [-0.2, 0) is 0 Å². The van der Waals surface area contributed by atoms with Crippen LogP contribution in [0.15, 0.2) is 12.1 Å². The lowest BCUT2D eigenvalue weighted by Crippen LogP contribution is -2.39. The van der Waals surface area contributed by atoms with Crippen LogP contribution in [0.2, 0.25) is 0 Å². The van der Waals surface area contributed by atoms with E-state index in [9.17, 15) is 23.7 Å². The molecule has 0 atom stereocenters. The summed E-state index contributed by atoms with van der Waals surface area (Å²) in [4.78, 5) is 23.0. The van der Waals surface area contributed by atoms with Gasteiger partial charge in [0, 0.05) is 25.1 Å². The smallest absolute Gasteiger partial charge is 0.305 e. The van der Waals surface area contributed by atoms with Crippen molar-refractivity contribution in [2.24, 2.45) is 5.92 Å². The van der Waals surface area contributed by atoms with Crippen LogP contribution in [0.25, 0.3) is 0 Å². The minimum Gasteiger partial charge on any atom is -0.338 e. The number of hydrogen-bond donors (Lipinski definition) is 0. The molecule has 1 aromatic rings. The van der Waals surface area contributed by atoms with E-state index in [1.807, 2.05) is 0 Å². The van der Waals surface area contributed by atoms with Crippen molar-refractivity contribution in [3.63, 3.8) is 0 Å². The number of nitrogens with zero attached hydrogens (tertiary/aromatic N) is 3. The Hall–Kier alpha value is -2.56. The molecule has 1 heterocycles. The molecule has 0 bridgehead atoms. The van der Waals surface area contributed by atoms with Crippen molar-refractivity contribution in [3.05, 3.63) is 39.4 Å². The standard InChI is InChI=1S/C13H11F2N3O3/c14-9-1-2-10(18(20)21)12(15)11(9)13(19)17-5-3-8(7-16)4-6-17/h1-2,8H,3-6H2. The molecule has 0 aromatic heterocycles. The third-order valence-electron chi connectivity index (χ3n) is 3.45. The number of nitro benzene ring substituents is 1. The summed E-state index contributed by atoms with van der Waals surface area (Å²) in [5.41, 5.74) is -1.86. The first-order valence-electron chi connectivity index (χ1n) is 6.27. The molecule has 2 rings (SSSR count). The maximum absolute atomic E-state index is 14.0. The summed E-state index contributed by atoms with van der Waals surface area (Å²) in [5.74, 6) is -3.71. The molecule has 1 aliphatic rings.